The quantitative estimate of drug-likeness (QED) is 0.354. The molecule has 1 saturated carbocycles. The Morgan fingerprint density at radius 3 is 2.23 bits per heavy atom. The largest absolute Gasteiger partial charge is 0.457 e. The highest BCUT2D eigenvalue weighted by atomic mass is 16.5. The van der Waals surface area contributed by atoms with E-state index in [0.29, 0.717) is 5.92 Å². The molecule has 31 heavy (non-hydrogen) atoms. The van der Waals surface area contributed by atoms with Gasteiger partial charge in [-0.05, 0) is 78.2 Å². The van der Waals surface area contributed by atoms with E-state index in [0.717, 1.165) is 40.1 Å². The van der Waals surface area contributed by atoms with Crippen LogP contribution in [0.25, 0.3) is 22.0 Å². The van der Waals surface area contributed by atoms with Crippen LogP contribution in [0.4, 0.5) is 0 Å². The summed E-state index contributed by atoms with van der Waals surface area (Å²) in [4.78, 5) is 13.4. The van der Waals surface area contributed by atoms with Crippen LogP contribution in [0.3, 0.4) is 0 Å². The molecule has 0 aliphatic heterocycles. The number of benzene rings is 3. The smallest absolute Gasteiger partial charge is 0.258 e. The van der Waals surface area contributed by atoms with Gasteiger partial charge in [0, 0.05) is 11.9 Å². The van der Waals surface area contributed by atoms with E-state index >= 15 is 0 Å². The Labute approximate surface area is 182 Å². The third kappa shape index (κ3) is 4.27. The van der Waals surface area contributed by atoms with Crippen molar-refractivity contribution in [2.24, 2.45) is 5.92 Å². The molecule has 1 aliphatic carbocycles. The third-order valence-corrected chi connectivity index (χ3v) is 6.31. The first-order valence-electron chi connectivity index (χ1n) is 11.2. The van der Waals surface area contributed by atoms with Crippen molar-refractivity contribution in [1.82, 2.24) is 4.57 Å². The molecule has 0 amide bonds. The van der Waals surface area contributed by atoms with Crippen LogP contribution in [-0.2, 0) is 6.54 Å². The van der Waals surface area contributed by atoms with Crippen molar-refractivity contribution >= 4 is 10.8 Å². The maximum Gasteiger partial charge on any atom is 0.258 e. The Kier molecular flexibility index (Phi) is 5.57. The topological polar surface area (TPSA) is 31.2 Å². The summed E-state index contributed by atoms with van der Waals surface area (Å²) in [6.07, 6.45) is 6.28. The molecule has 0 atom stereocenters. The first-order chi connectivity index (χ1) is 15.3. The lowest BCUT2D eigenvalue weighted by Gasteiger charge is -2.24. The van der Waals surface area contributed by atoms with E-state index in [1.54, 1.807) is 0 Å². The molecule has 0 radical (unpaired) electrons. The Morgan fingerprint density at radius 1 is 0.774 bits per heavy atom. The van der Waals surface area contributed by atoms with E-state index in [2.05, 4.69) is 18.2 Å². The second kappa shape index (κ2) is 8.81. The van der Waals surface area contributed by atoms with E-state index < -0.39 is 0 Å². The monoisotopic (exact) mass is 409 g/mol. The number of pyridine rings is 1. The molecule has 0 bridgehead atoms. The van der Waals surface area contributed by atoms with Crippen molar-refractivity contribution in [2.45, 2.75) is 38.6 Å². The summed E-state index contributed by atoms with van der Waals surface area (Å²) in [5.74, 6) is 2.18. The van der Waals surface area contributed by atoms with Crippen LogP contribution < -0.4 is 10.3 Å². The Morgan fingerprint density at radius 2 is 1.45 bits per heavy atom. The molecule has 3 nitrogen and oxygen atoms in total. The fraction of sp³-hybridized carbons (Fsp3) is 0.250. The summed E-state index contributed by atoms with van der Waals surface area (Å²) < 4.78 is 7.95. The van der Waals surface area contributed by atoms with E-state index in [9.17, 15) is 4.79 Å². The van der Waals surface area contributed by atoms with E-state index in [4.69, 9.17) is 4.74 Å². The average Bonchev–Trinajstić information content (AvgIpc) is 2.83. The van der Waals surface area contributed by atoms with Crippen LogP contribution in [-0.4, -0.2) is 4.57 Å². The maximum absolute atomic E-state index is 13.4. The predicted molar refractivity (Wildman–Crippen MR) is 127 cm³/mol. The Bertz CT molecular complexity index is 1220. The highest BCUT2D eigenvalue weighted by molar-refractivity contribution is 5.85. The van der Waals surface area contributed by atoms with E-state index in [1.807, 2.05) is 71.3 Å². The molecule has 5 rings (SSSR count). The number of aromatic nitrogens is 1. The first-order valence-corrected chi connectivity index (χ1v) is 11.2. The van der Waals surface area contributed by atoms with Crippen molar-refractivity contribution < 1.29 is 4.74 Å². The van der Waals surface area contributed by atoms with Crippen LogP contribution in [0.1, 0.15) is 32.1 Å². The van der Waals surface area contributed by atoms with Gasteiger partial charge in [0.1, 0.15) is 11.5 Å². The minimum atomic E-state index is 0.114. The summed E-state index contributed by atoms with van der Waals surface area (Å²) in [6.45, 7) is 0.793. The van der Waals surface area contributed by atoms with Gasteiger partial charge in [0.2, 0.25) is 0 Å². The number of rotatable bonds is 5. The van der Waals surface area contributed by atoms with Gasteiger partial charge >= 0.3 is 0 Å². The van der Waals surface area contributed by atoms with Gasteiger partial charge in [-0.3, -0.25) is 4.79 Å². The van der Waals surface area contributed by atoms with E-state index in [1.165, 1.54) is 32.1 Å². The SMILES string of the molecule is O=c1c2ccccc2cc(-c2ccc(Oc3ccccc3)cc2)n1CC1CCCCC1. The molecule has 1 aromatic heterocycles. The minimum absolute atomic E-state index is 0.114. The van der Waals surface area contributed by atoms with Crippen molar-refractivity contribution in [3.05, 3.63) is 95.3 Å². The van der Waals surface area contributed by atoms with Crippen LogP contribution in [0, 0.1) is 5.92 Å². The molecule has 0 saturated heterocycles. The van der Waals surface area contributed by atoms with Crippen LogP contribution in [0.15, 0.2) is 89.7 Å². The lowest BCUT2D eigenvalue weighted by molar-refractivity contribution is 0.318. The molecule has 3 heteroatoms. The standard InChI is InChI=1S/C28H27NO2/c30-28-26-14-8-7-11-23(26)19-27(29(28)20-21-9-3-1-4-10-21)22-15-17-25(18-16-22)31-24-12-5-2-6-13-24/h2,5-8,11-19,21H,1,3-4,9-10,20H2. The molecule has 156 valence electrons. The zero-order valence-electron chi connectivity index (χ0n) is 17.7. The molecule has 0 spiro atoms. The van der Waals surface area contributed by atoms with Gasteiger partial charge in [-0.25, -0.2) is 0 Å². The minimum Gasteiger partial charge on any atom is -0.457 e. The molecular formula is C28H27NO2. The summed E-state index contributed by atoms with van der Waals surface area (Å²) in [7, 11) is 0. The summed E-state index contributed by atoms with van der Waals surface area (Å²) in [5.41, 5.74) is 2.14. The summed E-state index contributed by atoms with van der Waals surface area (Å²) in [6, 6.07) is 27.9. The number of hydrogen-bond donors (Lipinski definition) is 0. The maximum atomic E-state index is 13.4. The zero-order valence-corrected chi connectivity index (χ0v) is 17.7. The highest BCUT2D eigenvalue weighted by Gasteiger charge is 2.18. The van der Waals surface area contributed by atoms with E-state index in [-0.39, 0.29) is 5.56 Å². The number of ether oxygens (including phenoxy) is 1. The van der Waals surface area contributed by atoms with Crippen molar-refractivity contribution in [3.8, 4) is 22.8 Å². The third-order valence-electron chi connectivity index (χ3n) is 6.31. The van der Waals surface area contributed by atoms with Crippen LogP contribution in [0.2, 0.25) is 0 Å². The van der Waals surface area contributed by atoms with Gasteiger partial charge in [0.25, 0.3) is 5.56 Å². The lowest BCUT2D eigenvalue weighted by atomic mass is 9.89. The predicted octanol–water partition coefficient (Wildman–Crippen LogP) is 7.04. The Balaban J connectivity index is 1.53. The number of hydrogen-bond acceptors (Lipinski definition) is 2. The fourth-order valence-electron chi connectivity index (χ4n) is 4.66. The van der Waals surface area contributed by atoms with Gasteiger partial charge in [-0.2, -0.15) is 0 Å². The van der Waals surface area contributed by atoms with Gasteiger partial charge in [-0.15, -0.1) is 0 Å². The second-order valence-electron chi connectivity index (χ2n) is 8.48. The summed E-state index contributed by atoms with van der Waals surface area (Å²) >= 11 is 0. The molecule has 1 heterocycles. The molecule has 1 aliphatic rings. The first kappa shape index (κ1) is 19.6. The molecule has 1 fully saturated rings. The van der Waals surface area contributed by atoms with Gasteiger partial charge in [0.15, 0.2) is 0 Å². The second-order valence-corrected chi connectivity index (χ2v) is 8.48. The van der Waals surface area contributed by atoms with Crippen molar-refractivity contribution in [2.75, 3.05) is 0 Å². The fourth-order valence-corrected chi connectivity index (χ4v) is 4.66. The average molecular weight is 410 g/mol. The molecule has 4 aromatic rings. The Hall–Kier alpha value is -3.33. The summed E-state index contributed by atoms with van der Waals surface area (Å²) in [5, 5.41) is 1.79. The van der Waals surface area contributed by atoms with Crippen LogP contribution in [0.5, 0.6) is 11.5 Å². The highest BCUT2D eigenvalue weighted by Crippen LogP contribution is 2.30. The molecule has 0 unspecified atom stereocenters. The zero-order chi connectivity index (χ0) is 21.0. The molecular weight excluding hydrogens is 382 g/mol. The number of nitrogens with zero attached hydrogens (tertiary/aromatic N) is 1. The van der Waals surface area contributed by atoms with Gasteiger partial charge in [-0.1, -0.05) is 55.7 Å². The van der Waals surface area contributed by atoms with Gasteiger partial charge in [0.05, 0.1) is 5.69 Å². The number of para-hydroxylation sites is 1. The normalized spacial score (nSPS) is 14.6. The molecule has 3 aromatic carbocycles. The van der Waals surface area contributed by atoms with Crippen molar-refractivity contribution in [1.29, 1.82) is 0 Å². The van der Waals surface area contributed by atoms with Crippen molar-refractivity contribution in [3.63, 3.8) is 0 Å². The van der Waals surface area contributed by atoms with Crippen LogP contribution >= 0.6 is 0 Å². The van der Waals surface area contributed by atoms with Gasteiger partial charge < -0.3 is 9.30 Å². The molecule has 0 N–H and O–H groups in total. The lowest BCUT2D eigenvalue weighted by Crippen LogP contribution is -2.26. The number of fused-ring (bicyclic) bond motifs is 1.